The van der Waals surface area contributed by atoms with Crippen molar-refractivity contribution in [3.63, 3.8) is 0 Å². The van der Waals surface area contributed by atoms with Crippen molar-refractivity contribution in [2.24, 2.45) is 4.99 Å². The number of benzene rings is 1. The number of nitrogens with zero attached hydrogens (tertiary/aromatic N) is 2. The number of amides is 2. The fraction of sp³-hybridized carbons (Fsp3) is 0.375. The Kier molecular flexibility index (Phi) is 4.04. The zero-order chi connectivity index (χ0) is 17.7. The first-order valence-electron chi connectivity index (χ1n) is 7.87. The molecule has 1 heterocycles. The van der Waals surface area contributed by atoms with E-state index in [2.05, 4.69) is 43.2 Å². The highest BCUT2D eigenvalue weighted by atomic mass is 127. The summed E-state index contributed by atoms with van der Waals surface area (Å²) in [5.41, 5.74) is -0.527. The fourth-order valence-electron chi connectivity index (χ4n) is 2.21. The third kappa shape index (κ3) is 3.53. The predicted molar refractivity (Wildman–Crippen MR) is 104 cm³/mol. The summed E-state index contributed by atoms with van der Waals surface area (Å²) in [4.78, 5) is 32.9. The topological polar surface area (TPSA) is 104 Å². The molecule has 2 fully saturated rings. The van der Waals surface area contributed by atoms with E-state index in [-0.39, 0.29) is 11.9 Å². The average Bonchev–Trinajstić information content (AvgIpc) is 3.46. The van der Waals surface area contributed by atoms with E-state index in [4.69, 9.17) is 0 Å². The molecule has 25 heavy (non-hydrogen) atoms. The smallest absolute Gasteiger partial charge is 0.264 e. The van der Waals surface area contributed by atoms with Crippen molar-refractivity contribution in [3.8, 4) is 0 Å². The lowest BCUT2D eigenvalue weighted by atomic mass is 10.3. The van der Waals surface area contributed by atoms with Gasteiger partial charge in [0.05, 0.1) is 10.2 Å². The van der Waals surface area contributed by atoms with E-state index in [0.717, 1.165) is 23.1 Å². The van der Waals surface area contributed by atoms with Gasteiger partial charge in [-0.25, -0.2) is 4.98 Å². The molecule has 0 bridgehead atoms. The number of para-hydroxylation sites is 1. The van der Waals surface area contributed by atoms with Crippen LogP contribution < -0.4 is 10.6 Å². The highest BCUT2D eigenvalue weighted by Crippen LogP contribution is 2.46. The van der Waals surface area contributed by atoms with Gasteiger partial charge in [-0.05, 0) is 37.8 Å². The first kappa shape index (κ1) is 16.9. The minimum atomic E-state index is -1.35. The maximum absolute atomic E-state index is 12.3. The number of alkyl halides is 1. The molecule has 0 spiro atoms. The van der Waals surface area contributed by atoms with Crippen molar-refractivity contribution in [3.05, 3.63) is 24.3 Å². The van der Waals surface area contributed by atoms with Crippen LogP contribution in [0, 0.1) is 0 Å². The lowest BCUT2D eigenvalue weighted by molar-refractivity contribution is -0.129. The molecule has 1 aromatic heterocycles. The number of carbonyl (C=O) groups excluding carboxylic acids is 2. The second-order valence-electron chi connectivity index (χ2n) is 6.33. The van der Waals surface area contributed by atoms with Crippen molar-refractivity contribution in [2.45, 2.75) is 34.7 Å². The molecule has 1 aromatic carbocycles. The quantitative estimate of drug-likeness (QED) is 0.276. The van der Waals surface area contributed by atoms with E-state index in [1.165, 1.54) is 11.3 Å². The second kappa shape index (κ2) is 5.99. The fourth-order valence-corrected chi connectivity index (χ4v) is 3.46. The minimum absolute atomic E-state index is 0.0114. The molecule has 2 aliphatic rings. The number of fused-ring (bicyclic) bond motifs is 1. The van der Waals surface area contributed by atoms with Crippen LogP contribution in [0.3, 0.4) is 0 Å². The van der Waals surface area contributed by atoms with Gasteiger partial charge in [0.25, 0.3) is 11.8 Å². The Morgan fingerprint density at radius 3 is 2.60 bits per heavy atom. The SMILES string of the molecule is O=C(N/C(=N/C(=O)C1(I)CC1)Nc1nc2ccccc2s1)C1(O)CC1. The molecule has 7 nitrogen and oxygen atoms in total. The van der Waals surface area contributed by atoms with Crippen LogP contribution in [0.4, 0.5) is 5.13 Å². The highest BCUT2D eigenvalue weighted by Gasteiger charge is 2.49. The van der Waals surface area contributed by atoms with Crippen molar-refractivity contribution in [1.29, 1.82) is 0 Å². The number of aliphatic imine (C=N–C) groups is 1. The van der Waals surface area contributed by atoms with Gasteiger partial charge in [-0.3, -0.25) is 14.9 Å². The molecule has 2 amide bonds. The van der Waals surface area contributed by atoms with Gasteiger partial charge < -0.3 is 10.4 Å². The van der Waals surface area contributed by atoms with E-state index in [0.29, 0.717) is 18.0 Å². The lowest BCUT2D eigenvalue weighted by Gasteiger charge is -2.12. The summed E-state index contributed by atoms with van der Waals surface area (Å²) < 4.78 is 0.509. The van der Waals surface area contributed by atoms with Gasteiger partial charge in [-0.15, -0.1) is 0 Å². The Morgan fingerprint density at radius 2 is 1.96 bits per heavy atom. The van der Waals surface area contributed by atoms with E-state index in [1.807, 2.05) is 24.3 Å². The van der Waals surface area contributed by atoms with E-state index >= 15 is 0 Å². The highest BCUT2D eigenvalue weighted by molar-refractivity contribution is 14.1. The summed E-state index contributed by atoms with van der Waals surface area (Å²) in [6, 6.07) is 7.63. The molecule has 130 valence electrons. The number of hydrogen-bond acceptors (Lipinski definition) is 5. The number of thiazole rings is 1. The van der Waals surface area contributed by atoms with Crippen LogP contribution in [0.15, 0.2) is 29.3 Å². The van der Waals surface area contributed by atoms with Gasteiger partial charge in [0.15, 0.2) is 5.13 Å². The number of hydrogen-bond donors (Lipinski definition) is 3. The number of aliphatic hydroxyl groups is 1. The molecule has 0 saturated heterocycles. The predicted octanol–water partition coefficient (Wildman–Crippen LogP) is 2.20. The summed E-state index contributed by atoms with van der Waals surface area (Å²) in [7, 11) is 0. The lowest BCUT2D eigenvalue weighted by Crippen LogP contribution is -2.44. The van der Waals surface area contributed by atoms with Gasteiger partial charge >= 0.3 is 0 Å². The van der Waals surface area contributed by atoms with Gasteiger partial charge in [-0.1, -0.05) is 46.1 Å². The maximum Gasteiger partial charge on any atom is 0.264 e. The molecule has 4 rings (SSSR count). The Bertz CT molecular complexity index is 869. The van der Waals surface area contributed by atoms with Gasteiger partial charge in [0.2, 0.25) is 5.96 Å². The summed E-state index contributed by atoms with van der Waals surface area (Å²) in [6.07, 6.45) is 2.39. The normalized spacial score (nSPS) is 20.2. The summed E-state index contributed by atoms with van der Waals surface area (Å²) in [5, 5.41) is 15.9. The molecule has 9 heteroatoms. The van der Waals surface area contributed by atoms with Crippen molar-refractivity contribution < 1.29 is 14.7 Å². The number of guanidine groups is 1. The molecule has 2 aliphatic carbocycles. The van der Waals surface area contributed by atoms with E-state index in [9.17, 15) is 14.7 Å². The van der Waals surface area contributed by atoms with Gasteiger partial charge in [0, 0.05) is 0 Å². The second-order valence-corrected chi connectivity index (χ2v) is 9.42. The maximum atomic E-state index is 12.3. The Morgan fingerprint density at radius 1 is 1.24 bits per heavy atom. The number of aromatic nitrogens is 1. The molecule has 0 atom stereocenters. The van der Waals surface area contributed by atoms with E-state index in [1.54, 1.807) is 0 Å². The molecule has 0 radical (unpaired) electrons. The number of rotatable bonds is 3. The first-order valence-corrected chi connectivity index (χ1v) is 9.76. The summed E-state index contributed by atoms with van der Waals surface area (Å²) in [5.74, 6) is -0.830. The third-order valence-corrected chi connectivity index (χ3v) is 6.68. The summed E-state index contributed by atoms with van der Waals surface area (Å²) in [6.45, 7) is 0. The third-order valence-electron chi connectivity index (χ3n) is 4.18. The Balaban J connectivity index is 1.58. The number of halogens is 1. The molecular formula is C16H15IN4O3S. The van der Waals surface area contributed by atoms with Gasteiger partial charge in [0.1, 0.15) is 9.02 Å². The Hall–Kier alpha value is -1.59. The van der Waals surface area contributed by atoms with Crippen LogP contribution in [0.25, 0.3) is 10.2 Å². The molecule has 3 N–H and O–H groups in total. The van der Waals surface area contributed by atoms with Crippen molar-refractivity contribution in [2.75, 3.05) is 5.32 Å². The number of carbonyl (C=O) groups is 2. The standard InChI is InChI=1S/C16H15IN4O3S/c17-15(5-6-15)11(22)19-13(20-12(23)16(24)7-8-16)21-14-18-9-3-1-2-4-10(9)25-14/h1-4,24H,5-8H2,(H2,18,19,20,21,22,23). The first-order chi connectivity index (χ1) is 11.9. The zero-order valence-electron chi connectivity index (χ0n) is 13.1. The monoisotopic (exact) mass is 470 g/mol. The van der Waals surface area contributed by atoms with Crippen LogP contribution in [0.5, 0.6) is 0 Å². The van der Waals surface area contributed by atoms with Crippen LogP contribution in [-0.4, -0.2) is 36.9 Å². The largest absolute Gasteiger partial charge is 0.380 e. The Labute approximate surface area is 161 Å². The van der Waals surface area contributed by atoms with E-state index < -0.39 is 14.9 Å². The number of nitrogens with one attached hydrogen (secondary N) is 2. The van der Waals surface area contributed by atoms with Crippen molar-refractivity contribution >= 4 is 67.0 Å². The summed E-state index contributed by atoms with van der Waals surface area (Å²) >= 11 is 3.49. The van der Waals surface area contributed by atoms with Crippen LogP contribution in [0.2, 0.25) is 0 Å². The molecule has 0 aliphatic heterocycles. The van der Waals surface area contributed by atoms with Gasteiger partial charge in [-0.2, -0.15) is 4.99 Å². The average molecular weight is 470 g/mol. The van der Waals surface area contributed by atoms with Crippen LogP contribution in [-0.2, 0) is 9.59 Å². The molecule has 0 unspecified atom stereocenters. The van der Waals surface area contributed by atoms with Crippen molar-refractivity contribution in [1.82, 2.24) is 10.3 Å². The number of anilines is 1. The molecule has 2 saturated carbocycles. The molecule has 2 aromatic rings. The van der Waals surface area contributed by atoms with Crippen LogP contribution in [0.1, 0.15) is 25.7 Å². The molecular weight excluding hydrogens is 455 g/mol. The zero-order valence-corrected chi connectivity index (χ0v) is 16.1. The van der Waals surface area contributed by atoms with Crippen LogP contribution >= 0.6 is 33.9 Å². The minimum Gasteiger partial charge on any atom is -0.380 e.